The number of thiophene rings is 1. The Morgan fingerprint density at radius 1 is 1.48 bits per heavy atom. The molecule has 1 unspecified atom stereocenters. The molecule has 1 atom stereocenters. The number of hydrogen-bond donors (Lipinski definition) is 3. The van der Waals surface area contributed by atoms with Crippen LogP contribution in [0.3, 0.4) is 0 Å². The molecule has 3 rings (SSSR count). The molecule has 3 aromatic rings. The lowest BCUT2D eigenvalue weighted by Crippen LogP contribution is -2.38. The number of carbonyl (C=O) groups excluding carboxylic acids is 1. The van der Waals surface area contributed by atoms with Crippen molar-refractivity contribution in [3.05, 3.63) is 52.3 Å². The van der Waals surface area contributed by atoms with Gasteiger partial charge in [-0.3, -0.25) is 9.89 Å². The second-order valence-electron chi connectivity index (χ2n) is 5.14. The molecule has 1 amide bonds. The molecular weight excluding hydrogens is 286 g/mol. The highest BCUT2D eigenvalue weighted by Gasteiger charge is 2.24. The van der Waals surface area contributed by atoms with Gasteiger partial charge >= 0.3 is 0 Å². The molecule has 0 radical (unpaired) electrons. The van der Waals surface area contributed by atoms with Gasteiger partial charge in [0.2, 0.25) is 0 Å². The van der Waals surface area contributed by atoms with E-state index >= 15 is 0 Å². The molecular formula is C15H15N3O2S. The number of aromatic amines is 1. The van der Waals surface area contributed by atoms with Gasteiger partial charge in [0.1, 0.15) is 5.60 Å². The van der Waals surface area contributed by atoms with Gasteiger partial charge in [-0.1, -0.05) is 0 Å². The third kappa shape index (κ3) is 2.81. The Morgan fingerprint density at radius 3 is 3.10 bits per heavy atom. The predicted molar refractivity (Wildman–Crippen MR) is 82.3 cm³/mol. The molecule has 0 fully saturated rings. The van der Waals surface area contributed by atoms with Crippen LogP contribution < -0.4 is 5.32 Å². The van der Waals surface area contributed by atoms with Crippen LogP contribution >= 0.6 is 11.3 Å². The normalized spacial score (nSPS) is 14.0. The van der Waals surface area contributed by atoms with Gasteiger partial charge in [-0.15, -0.1) is 0 Å². The van der Waals surface area contributed by atoms with Gasteiger partial charge in [-0.2, -0.15) is 16.4 Å². The van der Waals surface area contributed by atoms with E-state index in [1.807, 2.05) is 22.9 Å². The van der Waals surface area contributed by atoms with E-state index in [1.165, 1.54) is 11.3 Å². The van der Waals surface area contributed by atoms with Crippen LogP contribution in [0.1, 0.15) is 22.8 Å². The van der Waals surface area contributed by atoms with Crippen molar-refractivity contribution in [3.63, 3.8) is 0 Å². The molecule has 1 aromatic carbocycles. The number of rotatable bonds is 4. The first-order valence-electron chi connectivity index (χ1n) is 6.53. The number of aromatic nitrogens is 2. The highest BCUT2D eigenvalue weighted by molar-refractivity contribution is 7.08. The molecule has 3 N–H and O–H groups in total. The van der Waals surface area contributed by atoms with Gasteiger partial charge in [0.05, 0.1) is 18.3 Å². The van der Waals surface area contributed by atoms with Crippen LogP contribution in [0.5, 0.6) is 0 Å². The van der Waals surface area contributed by atoms with E-state index in [9.17, 15) is 9.90 Å². The summed E-state index contributed by atoms with van der Waals surface area (Å²) in [5.41, 5.74) is 1.16. The summed E-state index contributed by atoms with van der Waals surface area (Å²) >= 11 is 1.52. The highest BCUT2D eigenvalue weighted by atomic mass is 32.1. The van der Waals surface area contributed by atoms with Crippen molar-refractivity contribution >= 4 is 28.1 Å². The quantitative estimate of drug-likeness (QED) is 0.691. The molecule has 0 spiro atoms. The first-order valence-corrected chi connectivity index (χ1v) is 7.47. The third-order valence-corrected chi connectivity index (χ3v) is 4.12. The van der Waals surface area contributed by atoms with E-state index in [2.05, 4.69) is 15.5 Å². The monoisotopic (exact) mass is 301 g/mol. The van der Waals surface area contributed by atoms with E-state index in [-0.39, 0.29) is 12.5 Å². The van der Waals surface area contributed by atoms with Crippen molar-refractivity contribution in [2.24, 2.45) is 0 Å². The van der Waals surface area contributed by atoms with E-state index in [0.29, 0.717) is 5.56 Å². The van der Waals surface area contributed by atoms with Crippen molar-refractivity contribution in [1.29, 1.82) is 0 Å². The van der Waals surface area contributed by atoms with Crippen molar-refractivity contribution in [1.82, 2.24) is 15.5 Å². The number of fused-ring (bicyclic) bond motifs is 1. The lowest BCUT2D eigenvalue weighted by molar-refractivity contribution is 0.0530. The fourth-order valence-electron chi connectivity index (χ4n) is 2.11. The van der Waals surface area contributed by atoms with Crippen LogP contribution in [0.15, 0.2) is 41.2 Å². The molecule has 0 aliphatic heterocycles. The van der Waals surface area contributed by atoms with E-state index in [1.54, 1.807) is 25.3 Å². The maximum absolute atomic E-state index is 12.2. The molecule has 2 aromatic heterocycles. The van der Waals surface area contributed by atoms with Crippen LogP contribution in [-0.4, -0.2) is 27.8 Å². The van der Waals surface area contributed by atoms with E-state index in [0.717, 1.165) is 16.5 Å². The molecule has 21 heavy (non-hydrogen) atoms. The summed E-state index contributed by atoms with van der Waals surface area (Å²) in [6, 6.07) is 7.17. The van der Waals surface area contributed by atoms with Gasteiger partial charge in [0, 0.05) is 10.9 Å². The Kier molecular flexibility index (Phi) is 3.48. The zero-order chi connectivity index (χ0) is 14.9. The third-order valence-electron chi connectivity index (χ3n) is 3.44. The fourth-order valence-corrected chi connectivity index (χ4v) is 2.89. The summed E-state index contributed by atoms with van der Waals surface area (Å²) in [6.45, 7) is 1.85. The fraction of sp³-hybridized carbons (Fsp3) is 0.200. The zero-order valence-electron chi connectivity index (χ0n) is 11.5. The van der Waals surface area contributed by atoms with Gasteiger partial charge in [-0.05, 0) is 47.5 Å². The molecule has 0 bridgehead atoms. The Morgan fingerprint density at radius 2 is 2.33 bits per heavy atom. The largest absolute Gasteiger partial charge is 0.384 e. The van der Waals surface area contributed by atoms with Crippen LogP contribution in [0.4, 0.5) is 0 Å². The summed E-state index contributed by atoms with van der Waals surface area (Å²) in [5, 5.41) is 24.6. The van der Waals surface area contributed by atoms with Crippen molar-refractivity contribution in [3.8, 4) is 0 Å². The first-order chi connectivity index (χ1) is 10.1. The van der Waals surface area contributed by atoms with Gasteiger partial charge in [-0.25, -0.2) is 0 Å². The Labute approximate surface area is 125 Å². The topological polar surface area (TPSA) is 78.0 Å². The number of amides is 1. The molecule has 0 saturated heterocycles. The average Bonchev–Trinajstić information content (AvgIpc) is 3.14. The van der Waals surface area contributed by atoms with Gasteiger partial charge in [0.25, 0.3) is 5.91 Å². The summed E-state index contributed by atoms with van der Waals surface area (Å²) in [4.78, 5) is 12.2. The smallest absolute Gasteiger partial charge is 0.251 e. The summed E-state index contributed by atoms with van der Waals surface area (Å²) in [7, 11) is 0. The number of nitrogens with one attached hydrogen (secondary N) is 2. The Balaban J connectivity index is 1.71. The molecule has 0 saturated carbocycles. The van der Waals surface area contributed by atoms with Crippen LogP contribution in [0.25, 0.3) is 10.9 Å². The zero-order valence-corrected chi connectivity index (χ0v) is 12.3. The number of benzene rings is 1. The van der Waals surface area contributed by atoms with Crippen molar-refractivity contribution in [2.75, 3.05) is 6.54 Å². The summed E-state index contributed by atoms with van der Waals surface area (Å²) in [5.74, 6) is -0.214. The molecule has 5 nitrogen and oxygen atoms in total. The molecule has 6 heteroatoms. The van der Waals surface area contributed by atoms with Gasteiger partial charge in [0.15, 0.2) is 0 Å². The standard InChI is InChI=1S/C15H15N3O2S/c1-15(20,12-4-5-21-8-12)9-16-14(19)10-2-3-13-11(6-10)7-17-18-13/h2-8,20H,9H2,1H3,(H,16,19)(H,17,18). The molecule has 0 aliphatic carbocycles. The minimum absolute atomic E-state index is 0.159. The molecule has 2 heterocycles. The first kappa shape index (κ1) is 13.8. The van der Waals surface area contributed by atoms with Crippen molar-refractivity contribution < 1.29 is 9.90 Å². The number of H-pyrrole nitrogens is 1. The lowest BCUT2D eigenvalue weighted by atomic mass is 9.99. The lowest BCUT2D eigenvalue weighted by Gasteiger charge is -2.22. The summed E-state index contributed by atoms with van der Waals surface area (Å²) in [6.07, 6.45) is 1.67. The SMILES string of the molecule is CC(O)(CNC(=O)c1ccc2[nH]ncc2c1)c1ccsc1. The Hall–Kier alpha value is -2.18. The van der Waals surface area contributed by atoms with Gasteiger partial charge < -0.3 is 10.4 Å². The van der Waals surface area contributed by atoms with E-state index in [4.69, 9.17) is 0 Å². The summed E-state index contributed by atoms with van der Waals surface area (Å²) < 4.78 is 0. The second kappa shape index (κ2) is 5.31. The maximum atomic E-state index is 12.2. The highest BCUT2D eigenvalue weighted by Crippen LogP contribution is 2.22. The minimum Gasteiger partial charge on any atom is -0.384 e. The minimum atomic E-state index is -1.07. The number of aliphatic hydroxyl groups is 1. The second-order valence-corrected chi connectivity index (χ2v) is 5.92. The van der Waals surface area contributed by atoms with Crippen molar-refractivity contribution in [2.45, 2.75) is 12.5 Å². The Bertz CT molecular complexity index is 762. The molecule has 0 aliphatic rings. The van der Waals surface area contributed by atoms with Crippen LogP contribution in [-0.2, 0) is 5.60 Å². The number of nitrogens with zero attached hydrogens (tertiary/aromatic N) is 1. The van der Waals surface area contributed by atoms with Crippen LogP contribution in [0, 0.1) is 0 Å². The van der Waals surface area contributed by atoms with E-state index < -0.39 is 5.60 Å². The molecule has 108 valence electrons. The number of carbonyl (C=O) groups is 1. The van der Waals surface area contributed by atoms with Crippen LogP contribution in [0.2, 0.25) is 0 Å². The average molecular weight is 301 g/mol. The maximum Gasteiger partial charge on any atom is 0.251 e. The predicted octanol–water partition coefficient (Wildman–Crippen LogP) is 2.26. The number of hydrogen-bond acceptors (Lipinski definition) is 4.